The molecule has 4 rings (SSSR count). The molecule has 1 aromatic carbocycles. The summed E-state index contributed by atoms with van der Waals surface area (Å²) in [7, 11) is 0. The van der Waals surface area contributed by atoms with E-state index in [1.54, 1.807) is 0 Å². The van der Waals surface area contributed by atoms with E-state index in [4.69, 9.17) is 0 Å². The Hall–Kier alpha value is -2.62. The minimum absolute atomic E-state index is 0.731. The number of aromatic nitrogens is 2. The average molecular weight is 304 g/mol. The van der Waals surface area contributed by atoms with Crippen molar-refractivity contribution in [1.29, 1.82) is 0 Å². The third-order valence-electron chi connectivity index (χ3n) is 4.15. The number of aryl methyl sites for hydroxylation is 1. The van der Waals surface area contributed by atoms with Crippen molar-refractivity contribution in [3.63, 3.8) is 0 Å². The first-order chi connectivity index (χ1) is 11.3. The van der Waals surface area contributed by atoms with Gasteiger partial charge in [-0.2, -0.15) is 0 Å². The van der Waals surface area contributed by atoms with Crippen LogP contribution in [0.25, 0.3) is 11.4 Å². The van der Waals surface area contributed by atoms with Crippen LogP contribution in [0.15, 0.2) is 60.7 Å². The molecule has 2 heterocycles. The molecule has 0 bridgehead atoms. The fraction of sp³-hybridized carbons (Fsp3) is 0.263. The van der Waals surface area contributed by atoms with Crippen LogP contribution in [0.3, 0.4) is 0 Å². The molecule has 0 atom stereocenters. The minimum Gasteiger partial charge on any atom is -0.302 e. The molecule has 0 spiro atoms. The maximum absolute atomic E-state index is 4.42. The van der Waals surface area contributed by atoms with Crippen LogP contribution < -0.4 is 5.43 Å². The predicted octanol–water partition coefficient (Wildman–Crippen LogP) is 3.58. The van der Waals surface area contributed by atoms with E-state index >= 15 is 0 Å². The van der Waals surface area contributed by atoms with E-state index in [1.165, 1.54) is 24.1 Å². The van der Waals surface area contributed by atoms with Crippen molar-refractivity contribution < 1.29 is 0 Å². The lowest BCUT2D eigenvalue weighted by atomic mass is 10.1. The summed E-state index contributed by atoms with van der Waals surface area (Å²) >= 11 is 0. The Labute approximate surface area is 136 Å². The zero-order valence-corrected chi connectivity index (χ0v) is 13.2. The topological polar surface area (TPSA) is 41.1 Å². The molecule has 23 heavy (non-hydrogen) atoms. The molecule has 1 aliphatic carbocycles. The van der Waals surface area contributed by atoms with Crippen LogP contribution in [0.4, 0.5) is 0 Å². The quantitative estimate of drug-likeness (QED) is 0.937. The normalized spacial score (nSPS) is 16.9. The Morgan fingerprint density at radius 1 is 1.22 bits per heavy atom. The van der Waals surface area contributed by atoms with Crippen LogP contribution in [0.2, 0.25) is 0 Å². The predicted molar refractivity (Wildman–Crippen MR) is 90.8 cm³/mol. The van der Waals surface area contributed by atoms with Crippen molar-refractivity contribution in [2.24, 2.45) is 5.92 Å². The Balaban J connectivity index is 1.49. The minimum atomic E-state index is 0.731. The van der Waals surface area contributed by atoms with E-state index in [1.807, 2.05) is 19.3 Å². The van der Waals surface area contributed by atoms with Crippen LogP contribution in [0.1, 0.15) is 24.0 Å². The van der Waals surface area contributed by atoms with Gasteiger partial charge in [-0.25, -0.2) is 9.97 Å². The SMILES string of the molecule is Cc1cnc(-c2cccc(CN3C=CC=C(C4CC4)N3)c2)nc1. The molecule has 4 heteroatoms. The lowest BCUT2D eigenvalue weighted by Crippen LogP contribution is -2.34. The summed E-state index contributed by atoms with van der Waals surface area (Å²) < 4.78 is 0. The van der Waals surface area contributed by atoms with Crippen molar-refractivity contribution >= 4 is 0 Å². The smallest absolute Gasteiger partial charge is 0.159 e. The first-order valence-electron chi connectivity index (χ1n) is 8.07. The summed E-state index contributed by atoms with van der Waals surface area (Å²) in [5, 5.41) is 2.14. The highest BCUT2D eigenvalue weighted by atomic mass is 15.5. The number of nitrogens with zero attached hydrogens (tertiary/aromatic N) is 3. The maximum atomic E-state index is 4.42. The van der Waals surface area contributed by atoms with Crippen LogP contribution in [0, 0.1) is 12.8 Å². The Kier molecular flexibility index (Phi) is 3.58. The summed E-state index contributed by atoms with van der Waals surface area (Å²) in [6, 6.07) is 8.43. The zero-order valence-electron chi connectivity index (χ0n) is 13.2. The van der Waals surface area contributed by atoms with Gasteiger partial charge in [-0.3, -0.25) is 5.01 Å². The van der Waals surface area contributed by atoms with E-state index in [2.05, 4.69) is 63.0 Å². The van der Waals surface area contributed by atoms with Gasteiger partial charge >= 0.3 is 0 Å². The van der Waals surface area contributed by atoms with Crippen LogP contribution >= 0.6 is 0 Å². The van der Waals surface area contributed by atoms with Gasteiger partial charge in [-0.15, -0.1) is 0 Å². The van der Waals surface area contributed by atoms with Gasteiger partial charge in [-0.05, 0) is 49.1 Å². The van der Waals surface area contributed by atoms with Gasteiger partial charge in [0.05, 0.1) is 6.54 Å². The molecule has 1 aliphatic heterocycles. The van der Waals surface area contributed by atoms with Gasteiger partial charge < -0.3 is 5.43 Å². The average Bonchev–Trinajstić information content (AvgIpc) is 3.41. The second kappa shape index (κ2) is 5.88. The Morgan fingerprint density at radius 3 is 2.83 bits per heavy atom. The van der Waals surface area contributed by atoms with Crippen molar-refractivity contribution in [3.8, 4) is 11.4 Å². The molecule has 1 saturated carbocycles. The molecule has 2 aliphatic rings. The highest BCUT2D eigenvalue weighted by Gasteiger charge is 2.27. The van der Waals surface area contributed by atoms with Crippen LogP contribution in [-0.2, 0) is 6.54 Å². The summed E-state index contributed by atoms with van der Waals surface area (Å²) in [4.78, 5) is 8.83. The van der Waals surface area contributed by atoms with E-state index in [0.717, 1.165) is 29.4 Å². The van der Waals surface area contributed by atoms with E-state index < -0.39 is 0 Å². The second-order valence-electron chi connectivity index (χ2n) is 6.26. The standard InChI is InChI=1S/C19H20N4/c1-14-11-20-19(21-12-14)17-5-2-4-15(10-17)13-23-9-3-6-18(22-23)16-7-8-16/h2-6,9-12,16,22H,7-8,13H2,1H3. The second-order valence-corrected chi connectivity index (χ2v) is 6.26. The van der Waals surface area contributed by atoms with Gasteiger partial charge in [0.15, 0.2) is 5.82 Å². The molecule has 0 unspecified atom stereocenters. The molecule has 1 fully saturated rings. The maximum Gasteiger partial charge on any atom is 0.159 e. The highest BCUT2D eigenvalue weighted by Crippen LogP contribution is 2.36. The van der Waals surface area contributed by atoms with E-state index in [0.29, 0.717) is 0 Å². The molecule has 4 nitrogen and oxygen atoms in total. The van der Waals surface area contributed by atoms with Gasteiger partial charge in [-0.1, -0.05) is 18.2 Å². The van der Waals surface area contributed by atoms with Crippen LogP contribution in [-0.4, -0.2) is 15.0 Å². The Bertz CT molecular complexity index is 757. The number of benzene rings is 1. The number of allylic oxidation sites excluding steroid dienone is 3. The molecule has 116 valence electrons. The number of hydrazine groups is 1. The lowest BCUT2D eigenvalue weighted by Gasteiger charge is -2.27. The summed E-state index contributed by atoms with van der Waals surface area (Å²) in [6.45, 7) is 2.82. The largest absolute Gasteiger partial charge is 0.302 e. The molecule has 2 aromatic rings. The number of rotatable bonds is 4. The summed E-state index contributed by atoms with van der Waals surface area (Å²) in [6.07, 6.45) is 12.7. The molecule has 0 amide bonds. The summed E-state index contributed by atoms with van der Waals surface area (Å²) in [5.74, 6) is 1.51. The fourth-order valence-electron chi connectivity index (χ4n) is 2.75. The molecule has 1 aromatic heterocycles. The van der Waals surface area contributed by atoms with Crippen molar-refractivity contribution in [2.75, 3.05) is 0 Å². The number of nitrogens with one attached hydrogen (secondary N) is 1. The third kappa shape index (κ3) is 3.26. The first-order valence-corrected chi connectivity index (χ1v) is 8.07. The van der Waals surface area contributed by atoms with Gasteiger partial charge in [0.1, 0.15) is 0 Å². The van der Waals surface area contributed by atoms with E-state index in [9.17, 15) is 0 Å². The lowest BCUT2D eigenvalue weighted by molar-refractivity contribution is 0.283. The number of hydrogen-bond donors (Lipinski definition) is 1. The van der Waals surface area contributed by atoms with Crippen molar-refractivity contribution in [2.45, 2.75) is 26.3 Å². The highest BCUT2D eigenvalue weighted by molar-refractivity contribution is 5.55. The molecule has 0 saturated heterocycles. The fourth-order valence-corrected chi connectivity index (χ4v) is 2.75. The van der Waals surface area contributed by atoms with Crippen molar-refractivity contribution in [3.05, 3.63) is 71.8 Å². The van der Waals surface area contributed by atoms with Gasteiger partial charge in [0, 0.05) is 35.8 Å². The molecular formula is C19H20N4. The first kappa shape index (κ1) is 14.0. The van der Waals surface area contributed by atoms with Gasteiger partial charge in [0.2, 0.25) is 0 Å². The third-order valence-corrected chi connectivity index (χ3v) is 4.15. The zero-order chi connectivity index (χ0) is 15.6. The number of hydrogen-bond acceptors (Lipinski definition) is 4. The summed E-state index contributed by atoms with van der Waals surface area (Å²) in [5.41, 5.74) is 8.22. The molecular weight excluding hydrogens is 284 g/mol. The van der Waals surface area contributed by atoms with E-state index in [-0.39, 0.29) is 0 Å². The van der Waals surface area contributed by atoms with Crippen molar-refractivity contribution in [1.82, 2.24) is 20.4 Å². The molecule has 1 N–H and O–H groups in total. The molecule has 0 radical (unpaired) electrons. The monoisotopic (exact) mass is 304 g/mol. The Morgan fingerprint density at radius 2 is 2.04 bits per heavy atom. The van der Waals surface area contributed by atoms with Gasteiger partial charge in [0.25, 0.3) is 0 Å². The van der Waals surface area contributed by atoms with Crippen LogP contribution in [0.5, 0.6) is 0 Å².